The third-order valence-corrected chi connectivity index (χ3v) is 5.11. The predicted molar refractivity (Wildman–Crippen MR) is 111 cm³/mol. The first-order chi connectivity index (χ1) is 14.1. The topological polar surface area (TPSA) is 59.1 Å². The maximum atomic E-state index is 12.3. The highest BCUT2D eigenvalue weighted by atomic mass is 16.5. The number of ether oxygens (including phenoxy) is 2. The number of methoxy groups -OCH3 is 1. The Kier molecular flexibility index (Phi) is 7.64. The van der Waals surface area contributed by atoms with Crippen molar-refractivity contribution in [3.8, 4) is 5.75 Å². The summed E-state index contributed by atoms with van der Waals surface area (Å²) in [6.45, 7) is 3.69. The van der Waals surface area contributed by atoms with Crippen molar-refractivity contribution in [2.45, 2.75) is 19.4 Å². The molecule has 29 heavy (non-hydrogen) atoms. The standard InChI is InChI=1S/C23H28N2O4/c1-28-21-10-7-19(8-11-21)9-12-23(27)29-18-22(26)25-15-13-24(14-16-25)17-20-5-3-2-4-6-20/h2-8,10-11H,9,12-18H2,1H3. The molecule has 1 aliphatic rings. The van der Waals surface area contributed by atoms with Gasteiger partial charge in [-0.2, -0.15) is 0 Å². The molecule has 1 aliphatic heterocycles. The van der Waals surface area contributed by atoms with E-state index >= 15 is 0 Å². The first-order valence-corrected chi connectivity index (χ1v) is 9.96. The molecule has 6 nitrogen and oxygen atoms in total. The zero-order valence-electron chi connectivity index (χ0n) is 16.9. The van der Waals surface area contributed by atoms with E-state index in [1.54, 1.807) is 12.0 Å². The Bertz CT molecular complexity index is 784. The van der Waals surface area contributed by atoms with Crippen LogP contribution in [-0.2, 0) is 27.3 Å². The number of amides is 1. The summed E-state index contributed by atoms with van der Waals surface area (Å²) >= 11 is 0. The van der Waals surface area contributed by atoms with E-state index in [0.717, 1.165) is 30.9 Å². The number of benzene rings is 2. The fourth-order valence-corrected chi connectivity index (χ4v) is 3.34. The summed E-state index contributed by atoms with van der Waals surface area (Å²) in [7, 11) is 1.62. The number of hydrogen-bond acceptors (Lipinski definition) is 5. The van der Waals surface area contributed by atoms with Crippen LogP contribution in [0.3, 0.4) is 0 Å². The molecule has 0 radical (unpaired) electrons. The number of rotatable bonds is 8. The maximum Gasteiger partial charge on any atom is 0.306 e. The van der Waals surface area contributed by atoms with Gasteiger partial charge in [0.25, 0.3) is 5.91 Å². The number of aryl methyl sites for hydroxylation is 1. The Labute approximate surface area is 172 Å². The van der Waals surface area contributed by atoms with Crippen LogP contribution in [0.1, 0.15) is 17.5 Å². The first-order valence-electron chi connectivity index (χ1n) is 9.96. The third kappa shape index (κ3) is 6.61. The summed E-state index contributed by atoms with van der Waals surface area (Å²) in [6.07, 6.45) is 0.833. The molecule has 0 atom stereocenters. The molecule has 1 saturated heterocycles. The van der Waals surface area contributed by atoms with Crippen molar-refractivity contribution in [1.29, 1.82) is 0 Å². The molecule has 1 amide bonds. The Morgan fingerprint density at radius 3 is 2.24 bits per heavy atom. The van der Waals surface area contributed by atoms with Crippen molar-refractivity contribution in [2.24, 2.45) is 0 Å². The van der Waals surface area contributed by atoms with E-state index in [1.807, 2.05) is 42.5 Å². The molecule has 6 heteroatoms. The summed E-state index contributed by atoms with van der Waals surface area (Å²) in [5.41, 5.74) is 2.31. The molecule has 0 aromatic heterocycles. The van der Waals surface area contributed by atoms with Crippen LogP contribution in [0.4, 0.5) is 0 Å². The molecular weight excluding hydrogens is 368 g/mol. The molecule has 1 fully saturated rings. The molecular formula is C23H28N2O4. The van der Waals surface area contributed by atoms with Crippen molar-refractivity contribution < 1.29 is 19.1 Å². The van der Waals surface area contributed by atoms with Crippen molar-refractivity contribution in [1.82, 2.24) is 9.80 Å². The lowest BCUT2D eigenvalue weighted by atomic mass is 10.1. The number of carbonyl (C=O) groups is 2. The second-order valence-corrected chi connectivity index (χ2v) is 7.15. The van der Waals surface area contributed by atoms with E-state index in [4.69, 9.17) is 9.47 Å². The van der Waals surface area contributed by atoms with Gasteiger partial charge >= 0.3 is 5.97 Å². The van der Waals surface area contributed by atoms with Gasteiger partial charge in [-0.05, 0) is 29.7 Å². The van der Waals surface area contributed by atoms with Gasteiger partial charge in [0.1, 0.15) is 5.75 Å². The average molecular weight is 396 g/mol. The molecule has 1 heterocycles. The van der Waals surface area contributed by atoms with Crippen molar-refractivity contribution >= 4 is 11.9 Å². The highest BCUT2D eigenvalue weighted by molar-refractivity contribution is 5.80. The molecule has 0 N–H and O–H groups in total. The zero-order chi connectivity index (χ0) is 20.5. The highest BCUT2D eigenvalue weighted by Crippen LogP contribution is 2.13. The number of nitrogens with zero attached hydrogens (tertiary/aromatic N) is 2. The molecule has 2 aromatic rings. The highest BCUT2D eigenvalue weighted by Gasteiger charge is 2.22. The Morgan fingerprint density at radius 2 is 1.59 bits per heavy atom. The van der Waals surface area contributed by atoms with Gasteiger partial charge in [-0.25, -0.2) is 0 Å². The number of piperazine rings is 1. The summed E-state index contributed by atoms with van der Waals surface area (Å²) in [5.74, 6) is 0.310. The molecule has 154 valence electrons. The maximum absolute atomic E-state index is 12.3. The van der Waals surface area contributed by atoms with Crippen LogP contribution in [0.25, 0.3) is 0 Å². The lowest BCUT2D eigenvalue weighted by Gasteiger charge is -2.34. The molecule has 2 aromatic carbocycles. The molecule has 0 unspecified atom stereocenters. The van der Waals surface area contributed by atoms with Crippen LogP contribution < -0.4 is 4.74 Å². The Morgan fingerprint density at radius 1 is 0.897 bits per heavy atom. The van der Waals surface area contributed by atoms with Gasteiger partial charge in [0.05, 0.1) is 7.11 Å². The Hall–Kier alpha value is -2.86. The molecule has 3 rings (SSSR count). The second kappa shape index (κ2) is 10.6. The fraction of sp³-hybridized carbons (Fsp3) is 0.391. The lowest BCUT2D eigenvalue weighted by molar-refractivity contribution is -0.152. The molecule has 0 spiro atoms. The van der Waals surface area contributed by atoms with Crippen LogP contribution in [0.15, 0.2) is 54.6 Å². The van der Waals surface area contributed by atoms with Crippen LogP contribution in [0, 0.1) is 0 Å². The zero-order valence-corrected chi connectivity index (χ0v) is 16.9. The smallest absolute Gasteiger partial charge is 0.306 e. The van der Waals surface area contributed by atoms with Gasteiger partial charge in [0.15, 0.2) is 6.61 Å². The van der Waals surface area contributed by atoms with E-state index in [2.05, 4.69) is 17.0 Å². The summed E-state index contributed by atoms with van der Waals surface area (Å²) in [4.78, 5) is 28.4. The van der Waals surface area contributed by atoms with Gasteiger partial charge in [0.2, 0.25) is 0 Å². The summed E-state index contributed by atoms with van der Waals surface area (Å²) in [6, 6.07) is 17.9. The van der Waals surface area contributed by atoms with Crippen molar-refractivity contribution in [3.05, 3.63) is 65.7 Å². The third-order valence-electron chi connectivity index (χ3n) is 5.11. The van der Waals surface area contributed by atoms with Crippen molar-refractivity contribution in [3.63, 3.8) is 0 Å². The van der Waals surface area contributed by atoms with Gasteiger partial charge in [-0.3, -0.25) is 14.5 Å². The molecule has 0 bridgehead atoms. The van der Waals surface area contributed by atoms with Gasteiger partial charge < -0.3 is 14.4 Å². The Balaban J connectivity index is 1.33. The van der Waals surface area contributed by atoms with E-state index < -0.39 is 0 Å². The van der Waals surface area contributed by atoms with Crippen LogP contribution >= 0.6 is 0 Å². The number of esters is 1. The van der Waals surface area contributed by atoms with Crippen LogP contribution in [0.5, 0.6) is 5.75 Å². The van der Waals surface area contributed by atoms with E-state index in [-0.39, 0.29) is 24.9 Å². The summed E-state index contributed by atoms with van der Waals surface area (Å²) < 4.78 is 10.3. The van der Waals surface area contributed by atoms with Gasteiger partial charge in [-0.1, -0.05) is 42.5 Å². The lowest BCUT2D eigenvalue weighted by Crippen LogP contribution is -2.49. The SMILES string of the molecule is COc1ccc(CCC(=O)OCC(=O)N2CCN(Cc3ccccc3)CC2)cc1. The van der Waals surface area contributed by atoms with Crippen molar-refractivity contribution in [2.75, 3.05) is 39.9 Å². The minimum absolute atomic E-state index is 0.123. The second-order valence-electron chi connectivity index (χ2n) is 7.15. The number of carbonyl (C=O) groups excluding carboxylic acids is 2. The summed E-state index contributed by atoms with van der Waals surface area (Å²) in [5, 5.41) is 0. The van der Waals surface area contributed by atoms with E-state index in [9.17, 15) is 9.59 Å². The van der Waals surface area contributed by atoms with Gasteiger partial charge in [0, 0.05) is 39.1 Å². The largest absolute Gasteiger partial charge is 0.497 e. The van der Waals surface area contributed by atoms with Crippen LogP contribution in [0.2, 0.25) is 0 Å². The van der Waals surface area contributed by atoms with Gasteiger partial charge in [-0.15, -0.1) is 0 Å². The average Bonchev–Trinajstić information content (AvgIpc) is 2.77. The minimum Gasteiger partial charge on any atom is -0.497 e. The fourth-order valence-electron chi connectivity index (χ4n) is 3.34. The van der Waals surface area contributed by atoms with E-state index in [1.165, 1.54) is 5.56 Å². The normalized spacial score (nSPS) is 14.4. The molecule has 0 aliphatic carbocycles. The quantitative estimate of drug-likeness (QED) is 0.642. The monoisotopic (exact) mass is 396 g/mol. The number of hydrogen-bond donors (Lipinski definition) is 0. The first kappa shape index (κ1) is 20.9. The van der Waals surface area contributed by atoms with E-state index in [0.29, 0.717) is 19.5 Å². The van der Waals surface area contributed by atoms with Crippen LogP contribution in [-0.4, -0.2) is 61.6 Å². The predicted octanol–water partition coefficient (Wildman–Crippen LogP) is 2.52. The molecule has 0 saturated carbocycles. The minimum atomic E-state index is -0.350.